The van der Waals surface area contributed by atoms with E-state index in [4.69, 9.17) is 16.3 Å². The van der Waals surface area contributed by atoms with E-state index in [0.717, 1.165) is 30.5 Å². The van der Waals surface area contributed by atoms with Crippen LogP contribution in [0.1, 0.15) is 19.3 Å². The van der Waals surface area contributed by atoms with E-state index >= 15 is 0 Å². The van der Waals surface area contributed by atoms with Crippen molar-refractivity contribution in [2.24, 2.45) is 5.92 Å². The van der Waals surface area contributed by atoms with Crippen LogP contribution in [0.25, 0.3) is 0 Å². The first-order valence-corrected chi connectivity index (χ1v) is 8.37. The Balaban J connectivity index is 1.60. The minimum absolute atomic E-state index is 0.0334. The normalized spacial score (nSPS) is 17.7. The second-order valence-electron chi connectivity index (χ2n) is 5.17. The van der Waals surface area contributed by atoms with Gasteiger partial charge in [0.25, 0.3) is 0 Å². The second kappa shape index (κ2) is 8.61. The van der Waals surface area contributed by atoms with Crippen LogP contribution in [0.4, 0.5) is 0 Å². The number of nitrogens with one attached hydrogen (secondary N) is 2. The quantitative estimate of drug-likeness (QED) is 0.770. The SMILES string of the molecule is O=C(CCOc1ccc(Cl)cc1Br)NCCC1CCNC1. The van der Waals surface area contributed by atoms with Crippen LogP contribution in [0, 0.1) is 5.92 Å². The monoisotopic (exact) mass is 374 g/mol. The molecule has 21 heavy (non-hydrogen) atoms. The van der Waals surface area contributed by atoms with E-state index in [0.29, 0.717) is 29.7 Å². The summed E-state index contributed by atoms with van der Waals surface area (Å²) >= 11 is 9.24. The molecule has 0 aliphatic carbocycles. The fourth-order valence-electron chi connectivity index (χ4n) is 2.31. The number of hydrogen-bond donors (Lipinski definition) is 2. The molecule has 6 heteroatoms. The Morgan fingerprint density at radius 1 is 1.52 bits per heavy atom. The lowest BCUT2D eigenvalue weighted by Crippen LogP contribution is -2.27. The summed E-state index contributed by atoms with van der Waals surface area (Å²) in [6.07, 6.45) is 2.61. The van der Waals surface area contributed by atoms with Crippen molar-refractivity contribution in [1.29, 1.82) is 0 Å². The Bertz CT molecular complexity index is 479. The molecule has 1 unspecified atom stereocenters. The number of ether oxygens (including phenoxy) is 1. The van der Waals surface area contributed by atoms with E-state index in [2.05, 4.69) is 26.6 Å². The number of hydrogen-bond acceptors (Lipinski definition) is 3. The lowest BCUT2D eigenvalue weighted by Gasteiger charge is -2.10. The zero-order chi connectivity index (χ0) is 15.1. The van der Waals surface area contributed by atoms with Crippen molar-refractivity contribution in [1.82, 2.24) is 10.6 Å². The molecule has 0 spiro atoms. The highest BCUT2D eigenvalue weighted by atomic mass is 79.9. The molecule has 0 radical (unpaired) electrons. The molecule has 4 nitrogen and oxygen atoms in total. The molecule has 1 aromatic carbocycles. The maximum absolute atomic E-state index is 11.7. The van der Waals surface area contributed by atoms with Crippen molar-refractivity contribution < 1.29 is 9.53 Å². The number of carbonyl (C=O) groups is 1. The predicted molar refractivity (Wildman–Crippen MR) is 87.9 cm³/mol. The zero-order valence-electron chi connectivity index (χ0n) is 11.8. The molecule has 1 aliphatic rings. The van der Waals surface area contributed by atoms with E-state index in [9.17, 15) is 4.79 Å². The topological polar surface area (TPSA) is 50.4 Å². The molecule has 1 aromatic rings. The van der Waals surface area contributed by atoms with Crippen molar-refractivity contribution in [3.8, 4) is 5.75 Å². The molecule has 116 valence electrons. The fraction of sp³-hybridized carbons (Fsp3) is 0.533. The molecule has 2 rings (SSSR count). The van der Waals surface area contributed by atoms with E-state index in [1.54, 1.807) is 18.2 Å². The summed E-state index contributed by atoms with van der Waals surface area (Å²) in [5.41, 5.74) is 0. The van der Waals surface area contributed by atoms with Gasteiger partial charge in [-0.05, 0) is 66.0 Å². The van der Waals surface area contributed by atoms with Gasteiger partial charge in [0, 0.05) is 11.6 Å². The van der Waals surface area contributed by atoms with Gasteiger partial charge in [-0.15, -0.1) is 0 Å². The molecule has 0 aromatic heterocycles. The first-order valence-electron chi connectivity index (χ1n) is 7.20. The summed E-state index contributed by atoms with van der Waals surface area (Å²) in [5.74, 6) is 1.43. The van der Waals surface area contributed by atoms with Crippen molar-refractivity contribution in [3.05, 3.63) is 27.7 Å². The maximum atomic E-state index is 11.7. The number of halogens is 2. The highest BCUT2D eigenvalue weighted by Gasteiger charge is 2.14. The van der Waals surface area contributed by atoms with Crippen LogP contribution in [-0.4, -0.2) is 32.1 Å². The standard InChI is InChI=1S/C15H20BrClN2O2/c16-13-9-12(17)1-2-14(13)21-8-5-15(20)19-7-4-11-3-6-18-10-11/h1-2,9,11,18H,3-8,10H2,(H,19,20). The van der Waals surface area contributed by atoms with Crippen LogP contribution >= 0.6 is 27.5 Å². The van der Waals surface area contributed by atoms with Crippen LogP contribution in [0.5, 0.6) is 5.75 Å². The minimum Gasteiger partial charge on any atom is -0.492 e. The molecule has 1 heterocycles. The van der Waals surface area contributed by atoms with Gasteiger partial charge in [-0.1, -0.05) is 11.6 Å². The van der Waals surface area contributed by atoms with Gasteiger partial charge in [0.1, 0.15) is 5.75 Å². The Morgan fingerprint density at radius 3 is 3.10 bits per heavy atom. The fourth-order valence-corrected chi connectivity index (χ4v) is 3.11. The summed E-state index contributed by atoms with van der Waals surface area (Å²) in [7, 11) is 0. The van der Waals surface area contributed by atoms with E-state index in [-0.39, 0.29) is 5.91 Å². The smallest absolute Gasteiger partial charge is 0.223 e. The molecule has 0 saturated carbocycles. The van der Waals surface area contributed by atoms with Crippen LogP contribution in [0.3, 0.4) is 0 Å². The van der Waals surface area contributed by atoms with Crippen molar-refractivity contribution in [2.45, 2.75) is 19.3 Å². The van der Waals surface area contributed by atoms with Crippen molar-refractivity contribution in [2.75, 3.05) is 26.2 Å². The average molecular weight is 376 g/mol. The maximum Gasteiger partial charge on any atom is 0.223 e. The third kappa shape index (κ3) is 5.85. The minimum atomic E-state index is 0.0334. The summed E-state index contributed by atoms with van der Waals surface area (Å²) in [4.78, 5) is 11.7. The lowest BCUT2D eigenvalue weighted by molar-refractivity contribution is -0.121. The van der Waals surface area contributed by atoms with E-state index in [1.807, 2.05) is 0 Å². The van der Waals surface area contributed by atoms with Crippen LogP contribution in [0.15, 0.2) is 22.7 Å². The van der Waals surface area contributed by atoms with Gasteiger partial charge in [-0.3, -0.25) is 4.79 Å². The summed E-state index contributed by atoms with van der Waals surface area (Å²) in [5, 5.41) is 6.91. The molecule has 1 aliphatic heterocycles. The first kappa shape index (κ1) is 16.6. The third-order valence-electron chi connectivity index (χ3n) is 3.52. The van der Waals surface area contributed by atoms with Gasteiger partial charge < -0.3 is 15.4 Å². The molecule has 2 N–H and O–H groups in total. The number of amides is 1. The molecule has 1 saturated heterocycles. The van der Waals surface area contributed by atoms with Crippen LogP contribution in [-0.2, 0) is 4.79 Å². The van der Waals surface area contributed by atoms with E-state index in [1.165, 1.54) is 6.42 Å². The van der Waals surface area contributed by atoms with Crippen molar-refractivity contribution >= 4 is 33.4 Å². The van der Waals surface area contributed by atoms with Crippen LogP contribution < -0.4 is 15.4 Å². The Kier molecular flexibility index (Phi) is 6.80. The zero-order valence-corrected chi connectivity index (χ0v) is 14.2. The summed E-state index contributed by atoms with van der Waals surface area (Å²) < 4.78 is 6.36. The third-order valence-corrected chi connectivity index (χ3v) is 4.37. The highest BCUT2D eigenvalue weighted by molar-refractivity contribution is 9.10. The molecule has 1 amide bonds. The van der Waals surface area contributed by atoms with E-state index < -0.39 is 0 Å². The van der Waals surface area contributed by atoms with Crippen LogP contribution in [0.2, 0.25) is 5.02 Å². The van der Waals surface area contributed by atoms with Crippen molar-refractivity contribution in [3.63, 3.8) is 0 Å². The number of benzene rings is 1. The van der Waals surface area contributed by atoms with Gasteiger partial charge >= 0.3 is 0 Å². The summed E-state index contributed by atoms with van der Waals surface area (Å²) in [6, 6.07) is 5.32. The van der Waals surface area contributed by atoms with Gasteiger partial charge in [-0.2, -0.15) is 0 Å². The molecule has 0 bridgehead atoms. The lowest BCUT2D eigenvalue weighted by atomic mass is 10.1. The Hall–Kier alpha value is -0.780. The summed E-state index contributed by atoms with van der Waals surface area (Å²) in [6.45, 7) is 3.28. The Labute approximate surface area is 138 Å². The largest absolute Gasteiger partial charge is 0.492 e. The molecular weight excluding hydrogens is 356 g/mol. The van der Waals surface area contributed by atoms with Gasteiger partial charge in [0.15, 0.2) is 0 Å². The Morgan fingerprint density at radius 2 is 2.38 bits per heavy atom. The average Bonchev–Trinajstić information content (AvgIpc) is 2.94. The predicted octanol–water partition coefficient (Wildman–Crippen LogP) is 2.99. The second-order valence-corrected chi connectivity index (χ2v) is 6.46. The van der Waals surface area contributed by atoms with Gasteiger partial charge in [-0.25, -0.2) is 0 Å². The van der Waals surface area contributed by atoms with Gasteiger partial charge in [0.2, 0.25) is 5.91 Å². The molecular formula is C15H20BrClN2O2. The first-order chi connectivity index (χ1) is 10.1. The number of rotatable bonds is 7. The van der Waals surface area contributed by atoms with Gasteiger partial charge in [0.05, 0.1) is 17.5 Å². The molecule has 1 fully saturated rings. The highest BCUT2D eigenvalue weighted by Crippen LogP contribution is 2.27. The molecule has 1 atom stereocenters. The number of carbonyl (C=O) groups excluding carboxylic acids is 1.